The topological polar surface area (TPSA) is 52.6 Å². The van der Waals surface area contributed by atoms with E-state index in [1.807, 2.05) is 25.2 Å². The molecule has 0 rings (SSSR count). The molecule has 0 aliphatic carbocycles. The highest BCUT2D eigenvalue weighted by molar-refractivity contribution is 5.66. The van der Waals surface area contributed by atoms with E-state index in [2.05, 4.69) is 23.7 Å². The maximum Gasteiger partial charge on any atom is 0.302 e. The Morgan fingerprint density at radius 3 is 2.35 bits per heavy atom. The zero-order chi connectivity index (χ0) is 17.3. The molecule has 0 heterocycles. The van der Waals surface area contributed by atoms with Crippen LogP contribution in [0.3, 0.4) is 0 Å². The smallest absolute Gasteiger partial charge is 0.302 e. The fraction of sp³-hybridized carbons (Fsp3) is 0.368. The van der Waals surface area contributed by atoms with Crippen molar-refractivity contribution in [3.05, 3.63) is 36.5 Å². The second-order valence-corrected chi connectivity index (χ2v) is 4.42. The largest absolute Gasteiger partial charge is 0.466 e. The van der Waals surface area contributed by atoms with Crippen molar-refractivity contribution in [2.45, 2.75) is 39.7 Å². The van der Waals surface area contributed by atoms with E-state index in [4.69, 9.17) is 9.47 Å². The SMILES string of the molecule is CC=CC#CC#CC=CC=CC[C@H](CCOC(C)=O)OC(C)=O. The molecule has 0 aliphatic heterocycles. The van der Waals surface area contributed by atoms with Crippen molar-refractivity contribution in [1.29, 1.82) is 0 Å². The molecule has 1 atom stereocenters. The lowest BCUT2D eigenvalue weighted by atomic mass is 10.2. The molecule has 0 spiro atoms. The summed E-state index contributed by atoms with van der Waals surface area (Å²) in [6.45, 7) is 4.82. The molecule has 23 heavy (non-hydrogen) atoms. The van der Waals surface area contributed by atoms with Crippen LogP contribution in [0.4, 0.5) is 0 Å². The van der Waals surface area contributed by atoms with Crippen molar-refractivity contribution < 1.29 is 19.1 Å². The number of allylic oxidation sites excluding steroid dienone is 5. The first-order valence-corrected chi connectivity index (χ1v) is 7.30. The van der Waals surface area contributed by atoms with Crippen LogP contribution in [0.5, 0.6) is 0 Å². The number of hydrogen-bond donors (Lipinski definition) is 0. The van der Waals surface area contributed by atoms with Crippen LogP contribution in [0.15, 0.2) is 36.5 Å². The predicted octanol–water partition coefficient (Wildman–Crippen LogP) is 2.96. The molecule has 4 nitrogen and oxygen atoms in total. The predicted molar refractivity (Wildman–Crippen MR) is 90.1 cm³/mol. The van der Waals surface area contributed by atoms with Crippen molar-refractivity contribution in [2.75, 3.05) is 6.61 Å². The van der Waals surface area contributed by atoms with Crippen molar-refractivity contribution in [2.24, 2.45) is 0 Å². The number of esters is 2. The molecule has 0 aromatic carbocycles. The van der Waals surface area contributed by atoms with Crippen LogP contribution in [-0.4, -0.2) is 24.6 Å². The summed E-state index contributed by atoms with van der Waals surface area (Å²) in [5, 5.41) is 0. The van der Waals surface area contributed by atoms with Gasteiger partial charge in [0.2, 0.25) is 0 Å². The Kier molecular flexibility index (Phi) is 12.5. The molecule has 0 fully saturated rings. The minimum atomic E-state index is -0.354. The van der Waals surface area contributed by atoms with Gasteiger partial charge in [0, 0.05) is 26.7 Å². The van der Waals surface area contributed by atoms with Crippen molar-refractivity contribution >= 4 is 11.9 Å². The van der Waals surface area contributed by atoms with Gasteiger partial charge in [-0.05, 0) is 30.9 Å². The lowest BCUT2D eigenvalue weighted by Gasteiger charge is -2.14. The van der Waals surface area contributed by atoms with Gasteiger partial charge in [-0.25, -0.2) is 0 Å². The summed E-state index contributed by atoms with van der Waals surface area (Å²) in [4.78, 5) is 21.7. The van der Waals surface area contributed by atoms with Gasteiger partial charge in [0.05, 0.1) is 6.61 Å². The highest BCUT2D eigenvalue weighted by Gasteiger charge is 2.10. The van der Waals surface area contributed by atoms with Crippen LogP contribution in [0.1, 0.15) is 33.6 Å². The molecule has 122 valence electrons. The average Bonchev–Trinajstić information content (AvgIpc) is 2.48. The van der Waals surface area contributed by atoms with E-state index in [-0.39, 0.29) is 24.6 Å². The Morgan fingerprint density at radius 1 is 1.04 bits per heavy atom. The minimum Gasteiger partial charge on any atom is -0.466 e. The van der Waals surface area contributed by atoms with Crippen LogP contribution >= 0.6 is 0 Å². The third-order valence-corrected chi connectivity index (χ3v) is 2.36. The van der Waals surface area contributed by atoms with Gasteiger partial charge < -0.3 is 9.47 Å². The Bertz CT molecular complexity index is 574. The van der Waals surface area contributed by atoms with E-state index < -0.39 is 0 Å². The fourth-order valence-corrected chi connectivity index (χ4v) is 1.45. The number of rotatable bonds is 7. The third kappa shape index (κ3) is 15.5. The summed E-state index contributed by atoms with van der Waals surface area (Å²) in [6, 6.07) is 0. The average molecular weight is 314 g/mol. The number of hydrogen-bond acceptors (Lipinski definition) is 4. The van der Waals surface area contributed by atoms with Crippen LogP contribution in [0, 0.1) is 23.7 Å². The van der Waals surface area contributed by atoms with E-state index in [0.29, 0.717) is 12.8 Å². The molecule has 0 unspecified atom stereocenters. The van der Waals surface area contributed by atoms with Crippen LogP contribution in [-0.2, 0) is 19.1 Å². The van der Waals surface area contributed by atoms with E-state index in [1.165, 1.54) is 13.8 Å². The third-order valence-electron chi connectivity index (χ3n) is 2.36. The monoisotopic (exact) mass is 314 g/mol. The second kappa shape index (κ2) is 14.2. The molecular formula is C19H22O4. The molecule has 0 aromatic heterocycles. The van der Waals surface area contributed by atoms with E-state index >= 15 is 0 Å². The van der Waals surface area contributed by atoms with Gasteiger partial charge >= 0.3 is 11.9 Å². The summed E-state index contributed by atoms with van der Waals surface area (Å²) in [7, 11) is 0. The zero-order valence-corrected chi connectivity index (χ0v) is 13.8. The molecule has 0 bridgehead atoms. The van der Waals surface area contributed by atoms with E-state index in [9.17, 15) is 9.59 Å². The molecule has 0 aliphatic rings. The normalized spacial score (nSPS) is 11.6. The Balaban J connectivity index is 4.24. The van der Waals surface area contributed by atoms with Gasteiger partial charge in [0.25, 0.3) is 0 Å². The van der Waals surface area contributed by atoms with Crippen LogP contribution in [0.2, 0.25) is 0 Å². The van der Waals surface area contributed by atoms with E-state index in [0.717, 1.165) is 0 Å². The highest BCUT2D eigenvalue weighted by Crippen LogP contribution is 2.06. The minimum absolute atomic E-state index is 0.229. The lowest BCUT2D eigenvalue weighted by molar-refractivity contribution is -0.148. The first-order chi connectivity index (χ1) is 11.1. The van der Waals surface area contributed by atoms with Gasteiger partial charge in [0.15, 0.2) is 0 Å². The van der Waals surface area contributed by atoms with Crippen molar-refractivity contribution in [3.63, 3.8) is 0 Å². The molecule has 4 heteroatoms. The van der Waals surface area contributed by atoms with Crippen molar-refractivity contribution in [1.82, 2.24) is 0 Å². The standard InChI is InChI=1S/C19H22O4/c1-4-5-6-7-8-9-10-11-12-13-14-19(23-18(3)21)15-16-22-17(2)20/h4-5,10-13,19H,14-16H2,1-3H3/t19-/m1/s1. The first kappa shape index (κ1) is 20.3. The maximum atomic E-state index is 11.0. The molecule has 0 saturated carbocycles. The molecule has 0 aromatic rings. The molecular weight excluding hydrogens is 292 g/mol. The zero-order valence-electron chi connectivity index (χ0n) is 13.8. The highest BCUT2D eigenvalue weighted by atomic mass is 16.6. The number of carbonyl (C=O) groups excluding carboxylic acids is 2. The van der Waals surface area contributed by atoms with Crippen LogP contribution in [0.25, 0.3) is 0 Å². The van der Waals surface area contributed by atoms with Gasteiger partial charge in [-0.1, -0.05) is 36.1 Å². The molecule has 0 saturated heterocycles. The van der Waals surface area contributed by atoms with Crippen molar-refractivity contribution in [3.8, 4) is 23.7 Å². The maximum absolute atomic E-state index is 11.0. The Labute approximate surface area is 138 Å². The second-order valence-electron chi connectivity index (χ2n) is 4.42. The molecule has 0 amide bonds. The van der Waals surface area contributed by atoms with Gasteiger partial charge in [-0.2, -0.15) is 0 Å². The summed E-state index contributed by atoms with van der Waals surface area (Å²) in [5.74, 6) is 10.2. The van der Waals surface area contributed by atoms with Crippen LogP contribution < -0.4 is 0 Å². The summed E-state index contributed by atoms with van der Waals surface area (Å²) < 4.78 is 10.0. The fourth-order valence-electron chi connectivity index (χ4n) is 1.45. The van der Waals surface area contributed by atoms with Gasteiger partial charge in [-0.15, -0.1) is 0 Å². The first-order valence-electron chi connectivity index (χ1n) is 7.30. The van der Waals surface area contributed by atoms with E-state index in [1.54, 1.807) is 18.2 Å². The summed E-state index contributed by atoms with van der Waals surface area (Å²) in [5.41, 5.74) is 0. The summed E-state index contributed by atoms with van der Waals surface area (Å²) >= 11 is 0. The lowest BCUT2D eigenvalue weighted by Crippen LogP contribution is -2.18. The number of carbonyl (C=O) groups is 2. The molecule has 0 radical (unpaired) electrons. The molecule has 0 N–H and O–H groups in total. The number of ether oxygens (including phenoxy) is 2. The van der Waals surface area contributed by atoms with Gasteiger partial charge in [0.1, 0.15) is 6.10 Å². The Hall–Kier alpha value is -2.72. The quantitative estimate of drug-likeness (QED) is 0.412. The summed E-state index contributed by atoms with van der Waals surface area (Å²) in [6.07, 6.45) is 11.4. The van der Waals surface area contributed by atoms with Gasteiger partial charge in [-0.3, -0.25) is 9.59 Å². The Morgan fingerprint density at radius 2 is 1.74 bits per heavy atom.